The van der Waals surface area contributed by atoms with Crippen LogP contribution in [0.4, 0.5) is 10.8 Å². The number of fused-ring (bicyclic) bond motifs is 1. The molecule has 6 nitrogen and oxygen atoms in total. The lowest BCUT2D eigenvalue weighted by atomic mass is 10.1. The maximum Gasteiger partial charge on any atom is 0.271 e. The average molecular weight is 489 g/mol. The van der Waals surface area contributed by atoms with Gasteiger partial charge in [0.1, 0.15) is 11.9 Å². The first kappa shape index (κ1) is 22.1. The highest BCUT2D eigenvalue weighted by molar-refractivity contribution is 7.14. The third-order valence-corrected chi connectivity index (χ3v) is 6.35. The van der Waals surface area contributed by atoms with E-state index in [9.17, 15) is 4.79 Å². The van der Waals surface area contributed by atoms with Crippen molar-refractivity contribution in [3.8, 4) is 17.0 Å². The van der Waals surface area contributed by atoms with Gasteiger partial charge in [0.05, 0.1) is 11.9 Å². The minimum absolute atomic E-state index is 0.195. The van der Waals surface area contributed by atoms with E-state index in [0.717, 1.165) is 45.4 Å². The molecule has 1 aliphatic heterocycles. The second-order valence-electron chi connectivity index (χ2n) is 7.95. The smallest absolute Gasteiger partial charge is 0.271 e. The van der Waals surface area contributed by atoms with Gasteiger partial charge < -0.3 is 10.1 Å². The molecule has 0 radical (unpaired) electrons. The fraction of sp³-hybridized carbons (Fsp3) is 0.115. The molecule has 8 heteroatoms. The number of halogens is 1. The molecule has 1 aromatic heterocycles. The molecule has 1 atom stereocenters. The van der Waals surface area contributed by atoms with Crippen LogP contribution < -0.4 is 15.5 Å². The Morgan fingerprint density at radius 2 is 1.94 bits per heavy atom. The van der Waals surface area contributed by atoms with Gasteiger partial charge in [-0.2, -0.15) is 5.10 Å². The molecule has 3 aromatic carbocycles. The van der Waals surface area contributed by atoms with E-state index >= 15 is 0 Å². The number of ether oxygens (including phenoxy) is 1. The quantitative estimate of drug-likeness (QED) is 0.247. The third-order valence-electron chi connectivity index (χ3n) is 5.34. The van der Waals surface area contributed by atoms with Gasteiger partial charge in [-0.3, -0.25) is 4.79 Å². The van der Waals surface area contributed by atoms with Crippen LogP contribution in [0.5, 0.6) is 5.75 Å². The molecule has 0 aliphatic carbocycles. The van der Waals surface area contributed by atoms with Crippen LogP contribution in [0.2, 0.25) is 5.02 Å². The molecule has 2 heterocycles. The number of hydrogen-bond donors (Lipinski definition) is 2. The molecule has 5 rings (SSSR count). The number of aromatic nitrogens is 1. The van der Waals surface area contributed by atoms with Gasteiger partial charge in [0.15, 0.2) is 5.13 Å². The lowest BCUT2D eigenvalue weighted by molar-refractivity contribution is 0.0955. The van der Waals surface area contributed by atoms with Crippen LogP contribution >= 0.6 is 22.9 Å². The number of carbonyl (C=O) groups is 1. The molecule has 0 saturated carbocycles. The fourth-order valence-corrected chi connectivity index (χ4v) is 4.53. The lowest BCUT2D eigenvalue weighted by Crippen LogP contribution is -2.17. The molecule has 170 valence electrons. The van der Waals surface area contributed by atoms with E-state index in [-0.39, 0.29) is 12.0 Å². The molecule has 0 saturated heterocycles. The second kappa shape index (κ2) is 9.67. The zero-order chi connectivity index (χ0) is 23.5. The Morgan fingerprint density at radius 3 is 2.74 bits per heavy atom. The number of nitrogens with one attached hydrogen (secondary N) is 2. The SMILES string of the molecule is C[C@H]1Cc2cc(/C=N\NC(=O)c3ccc(-c4csc(Nc5ccc(Cl)cc5)n4)cc3)ccc2O1. The van der Waals surface area contributed by atoms with Crippen molar-refractivity contribution in [1.82, 2.24) is 10.4 Å². The summed E-state index contributed by atoms with van der Waals surface area (Å²) >= 11 is 7.44. The fourth-order valence-electron chi connectivity index (χ4n) is 3.67. The Hall–Kier alpha value is -3.68. The zero-order valence-electron chi connectivity index (χ0n) is 18.3. The van der Waals surface area contributed by atoms with Gasteiger partial charge in [-0.1, -0.05) is 23.7 Å². The minimum Gasteiger partial charge on any atom is -0.490 e. The highest BCUT2D eigenvalue weighted by Crippen LogP contribution is 2.29. The van der Waals surface area contributed by atoms with Crippen molar-refractivity contribution in [3.05, 3.63) is 93.8 Å². The monoisotopic (exact) mass is 488 g/mol. The Morgan fingerprint density at radius 1 is 1.15 bits per heavy atom. The molecular formula is C26H21ClN4O2S. The molecule has 0 unspecified atom stereocenters. The number of carbonyl (C=O) groups excluding carboxylic acids is 1. The molecule has 0 bridgehead atoms. The van der Waals surface area contributed by atoms with Gasteiger partial charge in [-0.15, -0.1) is 11.3 Å². The lowest BCUT2D eigenvalue weighted by Gasteiger charge is -2.03. The van der Waals surface area contributed by atoms with Gasteiger partial charge in [-0.25, -0.2) is 10.4 Å². The van der Waals surface area contributed by atoms with E-state index in [4.69, 9.17) is 16.3 Å². The van der Waals surface area contributed by atoms with Crippen molar-refractivity contribution in [2.24, 2.45) is 5.10 Å². The Kier molecular flexibility index (Phi) is 6.29. The van der Waals surface area contributed by atoms with E-state index < -0.39 is 0 Å². The van der Waals surface area contributed by atoms with Gasteiger partial charge in [0, 0.05) is 33.6 Å². The maximum atomic E-state index is 12.5. The first-order chi connectivity index (χ1) is 16.5. The summed E-state index contributed by atoms with van der Waals surface area (Å²) in [5, 5.41) is 10.8. The molecule has 0 spiro atoms. The Bertz CT molecular complexity index is 1350. The van der Waals surface area contributed by atoms with Crippen LogP contribution in [-0.4, -0.2) is 23.2 Å². The van der Waals surface area contributed by atoms with Crippen LogP contribution in [-0.2, 0) is 6.42 Å². The van der Waals surface area contributed by atoms with Crippen LogP contribution in [0.3, 0.4) is 0 Å². The standard InChI is InChI=1S/C26H21ClN4O2S/c1-16-12-20-13-17(2-11-24(20)33-16)14-28-31-25(32)19-5-3-18(4-6-19)23-15-34-26(30-23)29-22-9-7-21(27)8-10-22/h2-11,13-16H,12H2,1H3,(H,29,30)(H,31,32)/b28-14-/t16-/m0/s1. The summed E-state index contributed by atoms with van der Waals surface area (Å²) in [7, 11) is 0. The van der Waals surface area contributed by atoms with Gasteiger partial charge >= 0.3 is 0 Å². The summed E-state index contributed by atoms with van der Waals surface area (Å²) in [5.41, 5.74) is 7.86. The van der Waals surface area contributed by atoms with Crippen LogP contribution in [0, 0.1) is 0 Å². The van der Waals surface area contributed by atoms with Crippen LogP contribution in [0.25, 0.3) is 11.3 Å². The number of amides is 1. The predicted octanol–water partition coefficient (Wildman–Crippen LogP) is 6.29. The van der Waals surface area contributed by atoms with Crippen molar-refractivity contribution in [2.45, 2.75) is 19.4 Å². The van der Waals surface area contributed by atoms with Crippen LogP contribution in [0.1, 0.15) is 28.4 Å². The molecule has 34 heavy (non-hydrogen) atoms. The first-order valence-electron chi connectivity index (χ1n) is 10.7. The molecule has 4 aromatic rings. The number of rotatable bonds is 6. The number of thiazole rings is 1. The second-order valence-corrected chi connectivity index (χ2v) is 9.24. The molecule has 1 amide bonds. The van der Waals surface area contributed by atoms with Crippen molar-refractivity contribution in [1.29, 1.82) is 0 Å². The molecular weight excluding hydrogens is 468 g/mol. The predicted molar refractivity (Wildman–Crippen MR) is 138 cm³/mol. The number of hydrogen-bond acceptors (Lipinski definition) is 6. The maximum absolute atomic E-state index is 12.5. The van der Waals surface area contributed by atoms with E-state index in [1.54, 1.807) is 18.3 Å². The molecule has 1 aliphatic rings. The highest BCUT2D eigenvalue weighted by Gasteiger charge is 2.18. The highest BCUT2D eigenvalue weighted by atomic mass is 35.5. The normalized spacial score (nSPS) is 14.6. The Balaban J connectivity index is 1.19. The number of benzene rings is 3. The van der Waals surface area contributed by atoms with Crippen molar-refractivity contribution < 1.29 is 9.53 Å². The van der Waals surface area contributed by atoms with E-state index in [1.165, 1.54) is 11.3 Å². The van der Waals surface area contributed by atoms with Crippen molar-refractivity contribution in [2.75, 3.05) is 5.32 Å². The largest absolute Gasteiger partial charge is 0.490 e. The zero-order valence-corrected chi connectivity index (χ0v) is 19.9. The summed E-state index contributed by atoms with van der Waals surface area (Å²) in [4.78, 5) is 17.1. The van der Waals surface area contributed by atoms with E-state index in [2.05, 4.69) is 20.8 Å². The molecule has 2 N–H and O–H groups in total. The summed E-state index contributed by atoms with van der Waals surface area (Å²) in [6.07, 6.45) is 2.72. The average Bonchev–Trinajstić information content (AvgIpc) is 3.46. The number of hydrazone groups is 1. The first-order valence-corrected chi connectivity index (χ1v) is 12.0. The minimum atomic E-state index is -0.274. The van der Waals surface area contributed by atoms with Crippen molar-refractivity contribution in [3.63, 3.8) is 0 Å². The third kappa shape index (κ3) is 5.11. The topological polar surface area (TPSA) is 75.6 Å². The van der Waals surface area contributed by atoms with Crippen LogP contribution in [0.15, 0.2) is 77.2 Å². The van der Waals surface area contributed by atoms with Gasteiger partial charge in [0.25, 0.3) is 5.91 Å². The summed E-state index contributed by atoms with van der Waals surface area (Å²) in [6.45, 7) is 2.05. The van der Waals surface area contributed by atoms with E-state index in [1.807, 2.05) is 66.9 Å². The summed E-state index contributed by atoms with van der Waals surface area (Å²) in [6, 6.07) is 20.6. The van der Waals surface area contributed by atoms with Gasteiger partial charge in [0.2, 0.25) is 0 Å². The molecule has 0 fully saturated rings. The number of nitrogens with zero attached hydrogens (tertiary/aromatic N) is 2. The van der Waals surface area contributed by atoms with E-state index in [0.29, 0.717) is 10.6 Å². The van der Waals surface area contributed by atoms with Crippen molar-refractivity contribution >= 4 is 45.9 Å². The summed E-state index contributed by atoms with van der Waals surface area (Å²) < 4.78 is 5.71. The van der Waals surface area contributed by atoms with Gasteiger partial charge in [-0.05, 0) is 72.6 Å². The summed E-state index contributed by atoms with van der Waals surface area (Å²) in [5.74, 6) is 0.644. The number of anilines is 2. The Labute approximate surface area is 206 Å².